The second kappa shape index (κ2) is 8.54. The third-order valence-electron chi connectivity index (χ3n) is 2.90. The summed E-state index contributed by atoms with van der Waals surface area (Å²) in [5, 5.41) is 0.591. The van der Waals surface area contributed by atoms with Gasteiger partial charge in [0.15, 0.2) is 0 Å². The summed E-state index contributed by atoms with van der Waals surface area (Å²) in [5.74, 6) is 0.692. The zero-order valence-electron chi connectivity index (χ0n) is 11.0. The average molecular weight is 288 g/mol. The molecule has 0 aromatic heterocycles. The zero-order chi connectivity index (χ0) is 13.4. The van der Waals surface area contributed by atoms with Gasteiger partial charge < -0.3 is 5.73 Å². The van der Waals surface area contributed by atoms with Crippen LogP contribution < -0.4 is 5.73 Å². The molecule has 1 aromatic rings. The van der Waals surface area contributed by atoms with E-state index < -0.39 is 10.8 Å². The Kier molecular flexibility index (Phi) is 7.36. The Balaban J connectivity index is 2.32. The number of nitrogens with two attached hydrogens (primary N) is 1. The molecular formula is C14H22ClNOS. The summed E-state index contributed by atoms with van der Waals surface area (Å²) < 4.78 is 12.1. The van der Waals surface area contributed by atoms with Crippen molar-refractivity contribution in [2.24, 2.45) is 0 Å². The highest BCUT2D eigenvalue weighted by atomic mass is 35.5. The first-order chi connectivity index (χ1) is 8.65. The van der Waals surface area contributed by atoms with Gasteiger partial charge in [0.1, 0.15) is 0 Å². The Morgan fingerprint density at radius 2 is 1.83 bits per heavy atom. The van der Waals surface area contributed by atoms with Crippen molar-refractivity contribution in [2.45, 2.75) is 50.3 Å². The Morgan fingerprint density at radius 3 is 2.50 bits per heavy atom. The van der Waals surface area contributed by atoms with E-state index in [2.05, 4.69) is 6.92 Å². The van der Waals surface area contributed by atoms with Crippen molar-refractivity contribution in [2.75, 3.05) is 11.5 Å². The minimum atomic E-state index is -0.994. The number of unbranched alkanes of at least 4 members (excludes halogenated alkanes) is 5. The molecule has 0 spiro atoms. The van der Waals surface area contributed by atoms with Crippen LogP contribution in [0.2, 0.25) is 5.02 Å². The Morgan fingerprint density at radius 1 is 1.17 bits per heavy atom. The molecule has 0 aliphatic heterocycles. The lowest BCUT2D eigenvalue weighted by atomic mass is 10.1. The van der Waals surface area contributed by atoms with Gasteiger partial charge in [0.05, 0.1) is 15.7 Å². The first-order valence-electron chi connectivity index (χ1n) is 6.58. The van der Waals surface area contributed by atoms with Crippen LogP contribution in [0.4, 0.5) is 5.69 Å². The standard InChI is InChI=1S/C14H22ClNOS/c1-2-3-4-5-6-7-10-18(17)14-9-8-12(15)11-13(14)16/h8-9,11H,2-7,10,16H2,1H3. The molecule has 0 bridgehead atoms. The molecule has 4 heteroatoms. The molecule has 0 fully saturated rings. The number of anilines is 1. The highest BCUT2D eigenvalue weighted by molar-refractivity contribution is 7.85. The Hall–Kier alpha value is -0.540. The molecule has 1 atom stereocenters. The van der Waals surface area contributed by atoms with Gasteiger partial charge in [-0.05, 0) is 24.6 Å². The van der Waals surface area contributed by atoms with Crippen LogP contribution in [-0.2, 0) is 10.8 Å². The lowest BCUT2D eigenvalue weighted by Gasteiger charge is -2.06. The molecule has 2 nitrogen and oxygen atoms in total. The average Bonchev–Trinajstić information content (AvgIpc) is 2.33. The van der Waals surface area contributed by atoms with E-state index in [4.69, 9.17) is 17.3 Å². The molecule has 1 unspecified atom stereocenters. The van der Waals surface area contributed by atoms with Crippen LogP contribution >= 0.6 is 11.6 Å². The van der Waals surface area contributed by atoms with Gasteiger partial charge >= 0.3 is 0 Å². The minimum Gasteiger partial charge on any atom is -0.398 e. The lowest BCUT2D eigenvalue weighted by molar-refractivity contribution is 0.622. The normalized spacial score (nSPS) is 12.6. The van der Waals surface area contributed by atoms with E-state index in [9.17, 15) is 4.21 Å². The SMILES string of the molecule is CCCCCCCCS(=O)c1ccc(Cl)cc1N. The van der Waals surface area contributed by atoms with Gasteiger partial charge in [0, 0.05) is 16.5 Å². The minimum absolute atomic E-state index is 0.534. The summed E-state index contributed by atoms with van der Waals surface area (Å²) in [6.45, 7) is 2.21. The molecule has 18 heavy (non-hydrogen) atoms. The van der Waals surface area contributed by atoms with Gasteiger partial charge in [-0.1, -0.05) is 50.6 Å². The molecule has 0 saturated carbocycles. The summed E-state index contributed by atoms with van der Waals surface area (Å²) >= 11 is 5.82. The first kappa shape index (κ1) is 15.5. The maximum absolute atomic E-state index is 12.1. The molecule has 0 aliphatic carbocycles. The van der Waals surface area contributed by atoms with Crippen molar-refractivity contribution in [1.82, 2.24) is 0 Å². The molecule has 0 radical (unpaired) electrons. The fraction of sp³-hybridized carbons (Fsp3) is 0.571. The second-order valence-electron chi connectivity index (χ2n) is 4.50. The predicted octanol–water partition coefficient (Wildman–Crippen LogP) is 4.39. The van der Waals surface area contributed by atoms with Crippen LogP contribution in [0.25, 0.3) is 0 Å². The third-order valence-corrected chi connectivity index (χ3v) is 4.66. The van der Waals surface area contributed by atoms with Crippen molar-refractivity contribution in [3.05, 3.63) is 23.2 Å². The third kappa shape index (κ3) is 5.40. The number of hydrogen-bond acceptors (Lipinski definition) is 2. The van der Waals surface area contributed by atoms with E-state index in [-0.39, 0.29) is 0 Å². The van der Waals surface area contributed by atoms with Crippen LogP contribution in [0.15, 0.2) is 23.1 Å². The van der Waals surface area contributed by atoms with Crippen LogP contribution in [0.3, 0.4) is 0 Å². The maximum atomic E-state index is 12.1. The summed E-state index contributed by atoms with van der Waals surface area (Å²) in [7, 11) is -0.994. The smallest absolute Gasteiger partial charge is 0.0618 e. The highest BCUT2D eigenvalue weighted by Crippen LogP contribution is 2.22. The summed E-state index contributed by atoms with van der Waals surface area (Å²) in [4.78, 5) is 0.716. The predicted molar refractivity (Wildman–Crippen MR) is 80.5 cm³/mol. The van der Waals surface area contributed by atoms with Crippen molar-refractivity contribution < 1.29 is 4.21 Å². The highest BCUT2D eigenvalue weighted by Gasteiger charge is 2.07. The van der Waals surface area contributed by atoms with Gasteiger partial charge in [-0.2, -0.15) is 0 Å². The van der Waals surface area contributed by atoms with Crippen molar-refractivity contribution in [3.63, 3.8) is 0 Å². The first-order valence-corrected chi connectivity index (χ1v) is 8.28. The van der Waals surface area contributed by atoms with Crippen LogP contribution in [-0.4, -0.2) is 9.96 Å². The molecule has 1 rings (SSSR count). The Labute approximate surface area is 117 Å². The molecule has 102 valence electrons. The lowest BCUT2D eigenvalue weighted by Crippen LogP contribution is -2.02. The summed E-state index contributed by atoms with van der Waals surface area (Å²) in [5.41, 5.74) is 6.35. The van der Waals surface area contributed by atoms with Crippen molar-refractivity contribution >= 4 is 28.1 Å². The number of halogens is 1. The number of hydrogen-bond donors (Lipinski definition) is 1. The fourth-order valence-corrected chi connectivity index (χ4v) is 3.26. The van der Waals surface area contributed by atoms with Gasteiger partial charge in [-0.25, -0.2) is 0 Å². The van der Waals surface area contributed by atoms with E-state index in [1.807, 2.05) is 0 Å². The quantitative estimate of drug-likeness (QED) is 0.569. The van der Waals surface area contributed by atoms with Gasteiger partial charge in [0.25, 0.3) is 0 Å². The van der Waals surface area contributed by atoms with Crippen molar-refractivity contribution in [1.29, 1.82) is 0 Å². The molecule has 1 aromatic carbocycles. The topological polar surface area (TPSA) is 43.1 Å². The molecule has 0 saturated heterocycles. The zero-order valence-corrected chi connectivity index (χ0v) is 12.5. The van der Waals surface area contributed by atoms with Crippen molar-refractivity contribution in [3.8, 4) is 0 Å². The molecule has 0 heterocycles. The molecule has 0 aliphatic rings. The number of nitrogen functional groups attached to an aromatic ring is 1. The monoisotopic (exact) mass is 287 g/mol. The largest absolute Gasteiger partial charge is 0.398 e. The molecule has 0 amide bonds. The van der Waals surface area contributed by atoms with Gasteiger partial charge in [-0.3, -0.25) is 4.21 Å². The van der Waals surface area contributed by atoms with E-state index in [1.165, 1.54) is 25.7 Å². The van der Waals surface area contributed by atoms with Crippen LogP contribution in [0, 0.1) is 0 Å². The van der Waals surface area contributed by atoms with E-state index in [0.717, 1.165) is 12.8 Å². The maximum Gasteiger partial charge on any atom is 0.0618 e. The number of benzene rings is 1. The van der Waals surface area contributed by atoms with E-state index in [0.29, 0.717) is 21.4 Å². The van der Waals surface area contributed by atoms with E-state index >= 15 is 0 Å². The van der Waals surface area contributed by atoms with Gasteiger partial charge in [-0.15, -0.1) is 0 Å². The fourth-order valence-electron chi connectivity index (χ4n) is 1.85. The summed E-state index contributed by atoms with van der Waals surface area (Å²) in [6.07, 6.45) is 7.23. The van der Waals surface area contributed by atoms with Crippen LogP contribution in [0.1, 0.15) is 45.4 Å². The summed E-state index contributed by atoms with van der Waals surface area (Å²) in [6, 6.07) is 5.17. The second-order valence-corrected chi connectivity index (χ2v) is 6.48. The molecular weight excluding hydrogens is 266 g/mol. The number of rotatable bonds is 8. The Bertz CT molecular complexity index is 395. The van der Waals surface area contributed by atoms with E-state index in [1.54, 1.807) is 18.2 Å². The molecule has 2 N–H and O–H groups in total. The van der Waals surface area contributed by atoms with Gasteiger partial charge in [0.2, 0.25) is 0 Å². The van der Waals surface area contributed by atoms with Crippen LogP contribution in [0.5, 0.6) is 0 Å².